The van der Waals surface area contributed by atoms with E-state index in [4.69, 9.17) is 0 Å². The van der Waals surface area contributed by atoms with Crippen molar-refractivity contribution in [3.05, 3.63) is 40.3 Å². The van der Waals surface area contributed by atoms with E-state index in [-0.39, 0.29) is 0 Å². The second-order valence-electron chi connectivity index (χ2n) is 2.15. The fourth-order valence-corrected chi connectivity index (χ4v) is 0.785. The van der Waals surface area contributed by atoms with E-state index >= 15 is 0 Å². The van der Waals surface area contributed by atoms with E-state index < -0.39 is 4.92 Å². The normalized spacial score (nSPS) is 10.6. The molecule has 1 aromatic heterocycles. The topological polar surface area (TPSA) is 48.1 Å². The minimum atomic E-state index is -0.479. The maximum Gasteiger partial charge on any atom is 0.236 e. The third-order valence-corrected chi connectivity index (χ3v) is 1.35. The minimum Gasteiger partial charge on any atom is -0.351 e. The standard InChI is InChI=1S/C7H8N2O2/c1-8-5-2-3-7(8)4-6-9(10)11/h2-6H,1H3/b6-4-. The van der Waals surface area contributed by atoms with Crippen molar-refractivity contribution in [2.24, 2.45) is 7.05 Å². The monoisotopic (exact) mass is 152 g/mol. The van der Waals surface area contributed by atoms with Crippen LogP contribution >= 0.6 is 0 Å². The Morgan fingerprint density at radius 3 is 2.91 bits per heavy atom. The lowest BCUT2D eigenvalue weighted by molar-refractivity contribution is -0.401. The molecule has 0 amide bonds. The maximum atomic E-state index is 9.92. The van der Waals surface area contributed by atoms with Gasteiger partial charge in [-0.25, -0.2) is 0 Å². The lowest BCUT2D eigenvalue weighted by atomic mass is 10.4. The molecule has 0 aliphatic rings. The van der Waals surface area contributed by atoms with Crippen molar-refractivity contribution < 1.29 is 4.92 Å². The highest BCUT2D eigenvalue weighted by Gasteiger charge is 1.92. The summed E-state index contributed by atoms with van der Waals surface area (Å²) in [5.74, 6) is 0. The smallest absolute Gasteiger partial charge is 0.236 e. The molecule has 1 heterocycles. The average Bonchev–Trinajstić information content (AvgIpc) is 2.31. The van der Waals surface area contributed by atoms with Gasteiger partial charge in [-0.3, -0.25) is 10.1 Å². The summed E-state index contributed by atoms with van der Waals surface area (Å²) in [5, 5.41) is 9.92. The zero-order valence-corrected chi connectivity index (χ0v) is 6.10. The number of aromatic nitrogens is 1. The second kappa shape index (κ2) is 3.01. The van der Waals surface area contributed by atoms with Crippen molar-refractivity contribution >= 4 is 6.08 Å². The molecular weight excluding hydrogens is 144 g/mol. The Morgan fingerprint density at radius 1 is 1.73 bits per heavy atom. The van der Waals surface area contributed by atoms with E-state index in [1.807, 2.05) is 19.3 Å². The molecule has 0 saturated carbocycles. The average molecular weight is 152 g/mol. The summed E-state index contributed by atoms with van der Waals surface area (Å²) in [6.45, 7) is 0. The highest BCUT2D eigenvalue weighted by atomic mass is 16.6. The van der Waals surface area contributed by atoms with Gasteiger partial charge in [0.05, 0.1) is 4.92 Å². The van der Waals surface area contributed by atoms with E-state index in [0.29, 0.717) is 0 Å². The van der Waals surface area contributed by atoms with Gasteiger partial charge < -0.3 is 4.57 Å². The molecule has 0 aromatic carbocycles. The number of nitro groups is 1. The number of nitrogens with zero attached hydrogens (tertiary/aromatic N) is 2. The molecule has 58 valence electrons. The quantitative estimate of drug-likeness (QED) is 0.473. The lowest BCUT2D eigenvalue weighted by Gasteiger charge is -1.91. The molecule has 0 bridgehead atoms. The van der Waals surface area contributed by atoms with Crippen molar-refractivity contribution in [3.8, 4) is 0 Å². The van der Waals surface area contributed by atoms with Gasteiger partial charge in [-0.1, -0.05) is 0 Å². The van der Waals surface area contributed by atoms with Gasteiger partial charge in [0.15, 0.2) is 0 Å². The van der Waals surface area contributed by atoms with Crippen molar-refractivity contribution in [2.75, 3.05) is 0 Å². The number of hydrogen-bond donors (Lipinski definition) is 0. The molecule has 4 nitrogen and oxygen atoms in total. The molecule has 0 N–H and O–H groups in total. The first-order chi connectivity index (χ1) is 5.20. The molecule has 1 rings (SSSR count). The van der Waals surface area contributed by atoms with Crippen LogP contribution in [0.2, 0.25) is 0 Å². The summed E-state index contributed by atoms with van der Waals surface area (Å²) < 4.78 is 1.81. The van der Waals surface area contributed by atoms with Gasteiger partial charge in [-0.2, -0.15) is 0 Å². The summed E-state index contributed by atoms with van der Waals surface area (Å²) in [4.78, 5) is 9.44. The Hall–Kier alpha value is -1.58. The van der Waals surface area contributed by atoms with Crippen molar-refractivity contribution in [1.29, 1.82) is 0 Å². The molecule has 0 unspecified atom stereocenters. The van der Waals surface area contributed by atoms with Gasteiger partial charge in [0.2, 0.25) is 6.20 Å². The summed E-state index contributed by atoms with van der Waals surface area (Å²) in [5.41, 5.74) is 0.821. The van der Waals surface area contributed by atoms with E-state index in [1.54, 1.807) is 10.6 Å². The van der Waals surface area contributed by atoms with E-state index in [1.165, 1.54) is 6.08 Å². The predicted molar refractivity (Wildman–Crippen MR) is 41.4 cm³/mol. The first kappa shape index (κ1) is 7.53. The summed E-state index contributed by atoms with van der Waals surface area (Å²) in [6, 6.07) is 3.64. The van der Waals surface area contributed by atoms with Gasteiger partial charge in [0.25, 0.3) is 0 Å². The Morgan fingerprint density at radius 2 is 2.45 bits per heavy atom. The molecule has 11 heavy (non-hydrogen) atoms. The van der Waals surface area contributed by atoms with E-state index in [9.17, 15) is 10.1 Å². The zero-order chi connectivity index (χ0) is 8.27. The Balaban J connectivity index is 2.79. The van der Waals surface area contributed by atoms with Crippen LogP contribution in [0.3, 0.4) is 0 Å². The largest absolute Gasteiger partial charge is 0.351 e. The summed E-state index contributed by atoms with van der Waals surface area (Å²) in [7, 11) is 1.83. The maximum absolute atomic E-state index is 9.92. The van der Waals surface area contributed by atoms with E-state index in [2.05, 4.69) is 0 Å². The van der Waals surface area contributed by atoms with Crippen LogP contribution in [0.25, 0.3) is 6.08 Å². The third kappa shape index (κ3) is 1.93. The first-order valence-corrected chi connectivity index (χ1v) is 3.13. The fraction of sp³-hybridized carbons (Fsp3) is 0.143. The molecule has 0 aliphatic carbocycles. The molecular formula is C7H8N2O2. The molecule has 0 radical (unpaired) electrons. The third-order valence-electron chi connectivity index (χ3n) is 1.35. The molecule has 0 spiro atoms. The van der Waals surface area contributed by atoms with Gasteiger partial charge in [0.1, 0.15) is 0 Å². The molecule has 1 aromatic rings. The van der Waals surface area contributed by atoms with Crippen LogP contribution in [0.15, 0.2) is 24.5 Å². The van der Waals surface area contributed by atoms with Gasteiger partial charge >= 0.3 is 0 Å². The number of rotatable bonds is 2. The molecule has 0 fully saturated rings. The first-order valence-electron chi connectivity index (χ1n) is 3.13. The molecule has 0 aliphatic heterocycles. The van der Waals surface area contributed by atoms with Gasteiger partial charge in [-0.05, 0) is 12.1 Å². The minimum absolute atomic E-state index is 0.479. The van der Waals surface area contributed by atoms with Crippen LogP contribution in [-0.4, -0.2) is 9.49 Å². The Kier molecular flexibility index (Phi) is 2.06. The second-order valence-corrected chi connectivity index (χ2v) is 2.15. The summed E-state index contributed by atoms with van der Waals surface area (Å²) >= 11 is 0. The molecule has 0 atom stereocenters. The fourth-order valence-electron chi connectivity index (χ4n) is 0.785. The Labute approximate surface area is 63.9 Å². The van der Waals surface area contributed by atoms with Crippen LogP contribution in [0.1, 0.15) is 5.69 Å². The van der Waals surface area contributed by atoms with Crippen LogP contribution in [-0.2, 0) is 7.05 Å². The van der Waals surface area contributed by atoms with Crippen LogP contribution in [0, 0.1) is 10.1 Å². The van der Waals surface area contributed by atoms with Gasteiger partial charge in [0, 0.05) is 25.0 Å². The van der Waals surface area contributed by atoms with E-state index in [0.717, 1.165) is 11.9 Å². The zero-order valence-electron chi connectivity index (χ0n) is 6.10. The molecule has 4 heteroatoms. The van der Waals surface area contributed by atoms with Crippen molar-refractivity contribution in [3.63, 3.8) is 0 Å². The number of hydrogen-bond acceptors (Lipinski definition) is 2. The van der Waals surface area contributed by atoms with Crippen molar-refractivity contribution in [2.45, 2.75) is 0 Å². The van der Waals surface area contributed by atoms with Crippen LogP contribution < -0.4 is 0 Å². The lowest BCUT2D eigenvalue weighted by Crippen LogP contribution is -1.88. The highest BCUT2D eigenvalue weighted by Crippen LogP contribution is 2.01. The van der Waals surface area contributed by atoms with Crippen LogP contribution in [0.5, 0.6) is 0 Å². The van der Waals surface area contributed by atoms with Crippen molar-refractivity contribution in [1.82, 2.24) is 4.57 Å². The van der Waals surface area contributed by atoms with Crippen LogP contribution in [0.4, 0.5) is 0 Å². The molecule has 0 saturated heterocycles. The SMILES string of the molecule is Cn1cccc1/C=C\[N+](=O)[O-]. The van der Waals surface area contributed by atoms with Gasteiger partial charge in [-0.15, -0.1) is 0 Å². The highest BCUT2D eigenvalue weighted by molar-refractivity contribution is 5.43. The Bertz CT molecular complexity index is 288. The number of aryl methyl sites for hydroxylation is 1. The predicted octanol–water partition coefficient (Wildman–Crippen LogP) is 1.27. The summed E-state index contributed by atoms with van der Waals surface area (Å²) in [6.07, 6.45) is 4.22.